The molecular formula is C11H17N3OS. The highest BCUT2D eigenvalue weighted by atomic mass is 32.1. The van der Waals surface area contributed by atoms with Crippen molar-refractivity contribution in [3.05, 3.63) is 23.4 Å². The largest absolute Gasteiger partial charge is 0.389 e. The SMILES string of the molecule is CCOCCNc1cc(C(N)=S)cc(C)n1. The number of nitrogens with two attached hydrogens (primary N) is 1. The first kappa shape index (κ1) is 12.9. The van der Waals surface area contributed by atoms with Crippen LogP contribution in [0, 0.1) is 6.92 Å². The zero-order valence-corrected chi connectivity index (χ0v) is 10.4. The Morgan fingerprint density at radius 2 is 2.31 bits per heavy atom. The van der Waals surface area contributed by atoms with Gasteiger partial charge in [-0.15, -0.1) is 0 Å². The molecule has 0 unspecified atom stereocenters. The van der Waals surface area contributed by atoms with E-state index in [9.17, 15) is 0 Å². The molecule has 1 aromatic heterocycles. The number of anilines is 1. The molecule has 88 valence electrons. The second-order valence-electron chi connectivity index (χ2n) is 3.37. The summed E-state index contributed by atoms with van der Waals surface area (Å²) < 4.78 is 5.22. The third kappa shape index (κ3) is 4.12. The molecule has 0 atom stereocenters. The Kier molecular flexibility index (Phi) is 5.14. The fourth-order valence-corrected chi connectivity index (χ4v) is 1.41. The minimum absolute atomic E-state index is 0.387. The average molecular weight is 239 g/mol. The van der Waals surface area contributed by atoms with E-state index in [1.165, 1.54) is 0 Å². The summed E-state index contributed by atoms with van der Waals surface area (Å²) in [4.78, 5) is 4.72. The number of hydrogen-bond donors (Lipinski definition) is 2. The third-order valence-corrected chi connectivity index (χ3v) is 2.23. The Hall–Kier alpha value is -1.20. The summed E-state index contributed by atoms with van der Waals surface area (Å²) in [5.74, 6) is 0.780. The van der Waals surface area contributed by atoms with Crippen LogP contribution in [0.15, 0.2) is 12.1 Å². The van der Waals surface area contributed by atoms with Gasteiger partial charge < -0.3 is 15.8 Å². The van der Waals surface area contributed by atoms with Crippen LogP contribution in [-0.4, -0.2) is 29.7 Å². The van der Waals surface area contributed by atoms with E-state index in [1.807, 2.05) is 26.0 Å². The van der Waals surface area contributed by atoms with E-state index in [0.717, 1.165) is 30.2 Å². The van der Waals surface area contributed by atoms with Gasteiger partial charge in [-0.25, -0.2) is 4.98 Å². The lowest BCUT2D eigenvalue weighted by molar-refractivity contribution is 0.158. The van der Waals surface area contributed by atoms with E-state index in [1.54, 1.807) is 0 Å². The van der Waals surface area contributed by atoms with Gasteiger partial charge in [0.1, 0.15) is 10.8 Å². The predicted octanol–water partition coefficient (Wildman–Crippen LogP) is 1.47. The topological polar surface area (TPSA) is 60.2 Å². The van der Waals surface area contributed by atoms with Crippen LogP contribution in [0.1, 0.15) is 18.2 Å². The second kappa shape index (κ2) is 6.40. The molecule has 1 rings (SSSR count). The van der Waals surface area contributed by atoms with Crippen molar-refractivity contribution in [2.45, 2.75) is 13.8 Å². The Balaban J connectivity index is 2.62. The molecule has 0 radical (unpaired) electrons. The smallest absolute Gasteiger partial charge is 0.126 e. The van der Waals surface area contributed by atoms with Gasteiger partial charge in [0.05, 0.1) is 6.61 Å². The maximum absolute atomic E-state index is 5.58. The zero-order chi connectivity index (χ0) is 12.0. The lowest BCUT2D eigenvalue weighted by atomic mass is 10.2. The highest BCUT2D eigenvalue weighted by Gasteiger charge is 2.01. The van der Waals surface area contributed by atoms with Crippen LogP contribution in [0.3, 0.4) is 0 Å². The van der Waals surface area contributed by atoms with Gasteiger partial charge in [-0.3, -0.25) is 0 Å². The molecule has 0 bridgehead atoms. The number of aromatic nitrogens is 1. The quantitative estimate of drug-likeness (QED) is 0.581. The van der Waals surface area contributed by atoms with E-state index in [2.05, 4.69) is 10.3 Å². The molecule has 16 heavy (non-hydrogen) atoms. The van der Waals surface area contributed by atoms with Gasteiger partial charge in [0.15, 0.2) is 0 Å². The number of thiocarbonyl (C=S) groups is 1. The minimum atomic E-state index is 0.387. The maximum Gasteiger partial charge on any atom is 0.126 e. The van der Waals surface area contributed by atoms with Crippen molar-refractivity contribution in [1.82, 2.24) is 4.98 Å². The predicted molar refractivity (Wildman–Crippen MR) is 69.8 cm³/mol. The maximum atomic E-state index is 5.58. The molecule has 1 heterocycles. The first-order valence-corrected chi connectivity index (χ1v) is 5.64. The van der Waals surface area contributed by atoms with Crippen LogP contribution in [0.2, 0.25) is 0 Å². The number of pyridine rings is 1. The van der Waals surface area contributed by atoms with Crippen molar-refractivity contribution in [3.8, 4) is 0 Å². The van der Waals surface area contributed by atoms with Gasteiger partial charge in [0.25, 0.3) is 0 Å². The molecule has 0 aromatic carbocycles. The Morgan fingerprint density at radius 3 is 2.94 bits per heavy atom. The Bertz CT molecular complexity index is 368. The van der Waals surface area contributed by atoms with Crippen molar-refractivity contribution < 1.29 is 4.74 Å². The van der Waals surface area contributed by atoms with E-state index in [0.29, 0.717) is 11.6 Å². The molecule has 0 saturated carbocycles. The highest BCUT2D eigenvalue weighted by Crippen LogP contribution is 2.09. The van der Waals surface area contributed by atoms with Crippen LogP contribution >= 0.6 is 12.2 Å². The molecule has 0 spiro atoms. The van der Waals surface area contributed by atoms with Gasteiger partial charge in [-0.2, -0.15) is 0 Å². The molecule has 0 aliphatic rings. The summed E-state index contributed by atoms with van der Waals surface area (Å²) in [5, 5.41) is 3.16. The lowest BCUT2D eigenvalue weighted by Gasteiger charge is -2.08. The second-order valence-corrected chi connectivity index (χ2v) is 3.81. The molecule has 3 N–H and O–H groups in total. The molecule has 4 nitrogen and oxygen atoms in total. The molecule has 0 aliphatic carbocycles. The summed E-state index contributed by atoms with van der Waals surface area (Å²) in [5.41, 5.74) is 7.31. The number of ether oxygens (including phenoxy) is 1. The normalized spacial score (nSPS) is 10.1. The highest BCUT2D eigenvalue weighted by molar-refractivity contribution is 7.80. The monoisotopic (exact) mass is 239 g/mol. The molecule has 0 aliphatic heterocycles. The van der Waals surface area contributed by atoms with Gasteiger partial charge in [0.2, 0.25) is 0 Å². The van der Waals surface area contributed by atoms with Gasteiger partial charge in [0, 0.05) is 24.4 Å². The minimum Gasteiger partial charge on any atom is -0.389 e. The van der Waals surface area contributed by atoms with Crippen LogP contribution in [0.25, 0.3) is 0 Å². The number of hydrogen-bond acceptors (Lipinski definition) is 4. The summed E-state index contributed by atoms with van der Waals surface area (Å²) >= 11 is 4.93. The van der Waals surface area contributed by atoms with Crippen molar-refractivity contribution in [1.29, 1.82) is 0 Å². The molecular weight excluding hydrogens is 222 g/mol. The van der Waals surface area contributed by atoms with Crippen molar-refractivity contribution in [2.75, 3.05) is 25.1 Å². The Labute approximate surface area is 101 Å². The first-order valence-electron chi connectivity index (χ1n) is 5.23. The molecule has 5 heteroatoms. The van der Waals surface area contributed by atoms with Crippen LogP contribution in [-0.2, 0) is 4.74 Å². The van der Waals surface area contributed by atoms with E-state index in [-0.39, 0.29) is 0 Å². The Morgan fingerprint density at radius 1 is 1.56 bits per heavy atom. The molecule has 0 fully saturated rings. The van der Waals surface area contributed by atoms with Crippen LogP contribution in [0.4, 0.5) is 5.82 Å². The first-order chi connectivity index (χ1) is 7.63. The number of aryl methyl sites for hydroxylation is 1. The standard InChI is InChI=1S/C11H17N3OS/c1-3-15-5-4-13-10-7-9(11(12)16)6-8(2)14-10/h6-7H,3-5H2,1-2H3,(H2,12,16)(H,13,14). The van der Waals surface area contributed by atoms with Crippen molar-refractivity contribution >= 4 is 23.0 Å². The average Bonchev–Trinajstić information content (AvgIpc) is 2.23. The third-order valence-electron chi connectivity index (χ3n) is 1.99. The molecule has 0 amide bonds. The van der Waals surface area contributed by atoms with Crippen molar-refractivity contribution in [2.24, 2.45) is 5.73 Å². The zero-order valence-electron chi connectivity index (χ0n) is 9.62. The molecule has 0 saturated heterocycles. The van der Waals surface area contributed by atoms with Gasteiger partial charge >= 0.3 is 0 Å². The van der Waals surface area contributed by atoms with E-state index in [4.69, 9.17) is 22.7 Å². The van der Waals surface area contributed by atoms with Gasteiger partial charge in [-0.05, 0) is 26.0 Å². The fraction of sp³-hybridized carbons (Fsp3) is 0.455. The van der Waals surface area contributed by atoms with Gasteiger partial charge in [-0.1, -0.05) is 12.2 Å². The summed E-state index contributed by atoms with van der Waals surface area (Å²) in [7, 11) is 0. The summed E-state index contributed by atoms with van der Waals surface area (Å²) in [6.45, 7) is 5.99. The van der Waals surface area contributed by atoms with Crippen LogP contribution < -0.4 is 11.1 Å². The summed E-state index contributed by atoms with van der Waals surface area (Å²) in [6, 6.07) is 3.72. The van der Waals surface area contributed by atoms with E-state index >= 15 is 0 Å². The number of rotatable bonds is 6. The fourth-order valence-electron chi connectivity index (χ4n) is 1.30. The number of nitrogens with zero attached hydrogens (tertiary/aromatic N) is 1. The lowest BCUT2D eigenvalue weighted by Crippen LogP contribution is -2.14. The van der Waals surface area contributed by atoms with Crippen molar-refractivity contribution in [3.63, 3.8) is 0 Å². The van der Waals surface area contributed by atoms with Crippen LogP contribution in [0.5, 0.6) is 0 Å². The summed E-state index contributed by atoms with van der Waals surface area (Å²) in [6.07, 6.45) is 0. The number of nitrogens with one attached hydrogen (secondary N) is 1. The molecule has 1 aromatic rings. The van der Waals surface area contributed by atoms with E-state index < -0.39 is 0 Å².